The number of carboxylic acid groups (broad SMARTS) is 1. The standard InChI is InChI=1S/C14H9BrN2O2/c15-10-2-1-3-11(7-10)17-8-16-12-6-9(14(18)19)4-5-13(12)17/h1-8H,(H,18,19). The molecule has 2 aromatic carbocycles. The van der Waals surface area contributed by atoms with Crippen molar-refractivity contribution in [3.8, 4) is 5.69 Å². The Kier molecular flexibility index (Phi) is 2.83. The molecule has 19 heavy (non-hydrogen) atoms. The van der Waals surface area contributed by atoms with Gasteiger partial charge >= 0.3 is 5.97 Å². The summed E-state index contributed by atoms with van der Waals surface area (Å²) in [5.74, 6) is -0.945. The van der Waals surface area contributed by atoms with Crippen LogP contribution >= 0.6 is 15.9 Å². The third-order valence-electron chi connectivity index (χ3n) is 2.88. The molecule has 0 fully saturated rings. The molecule has 5 heteroatoms. The van der Waals surface area contributed by atoms with Crippen molar-refractivity contribution in [1.82, 2.24) is 9.55 Å². The molecule has 1 heterocycles. The highest BCUT2D eigenvalue weighted by atomic mass is 79.9. The summed E-state index contributed by atoms with van der Waals surface area (Å²) in [4.78, 5) is 15.2. The van der Waals surface area contributed by atoms with Gasteiger partial charge in [0.05, 0.1) is 16.6 Å². The van der Waals surface area contributed by atoms with Gasteiger partial charge in [0.2, 0.25) is 0 Å². The second kappa shape index (κ2) is 4.51. The molecule has 0 unspecified atom stereocenters. The fourth-order valence-corrected chi connectivity index (χ4v) is 2.36. The fourth-order valence-electron chi connectivity index (χ4n) is 1.98. The van der Waals surface area contributed by atoms with Gasteiger partial charge in [-0.05, 0) is 36.4 Å². The van der Waals surface area contributed by atoms with E-state index in [0.29, 0.717) is 5.52 Å². The van der Waals surface area contributed by atoms with Gasteiger partial charge < -0.3 is 5.11 Å². The molecule has 0 radical (unpaired) electrons. The van der Waals surface area contributed by atoms with Gasteiger partial charge in [0.25, 0.3) is 0 Å². The fraction of sp³-hybridized carbons (Fsp3) is 0. The van der Waals surface area contributed by atoms with Gasteiger partial charge in [-0.2, -0.15) is 0 Å². The first-order chi connectivity index (χ1) is 9.15. The molecule has 0 aliphatic rings. The van der Waals surface area contributed by atoms with Crippen molar-refractivity contribution in [2.45, 2.75) is 0 Å². The lowest BCUT2D eigenvalue weighted by atomic mass is 10.2. The quantitative estimate of drug-likeness (QED) is 0.787. The van der Waals surface area contributed by atoms with Gasteiger partial charge in [0.15, 0.2) is 0 Å². The first-order valence-electron chi connectivity index (χ1n) is 5.61. The molecule has 0 saturated heterocycles. The van der Waals surface area contributed by atoms with Gasteiger partial charge in [-0.25, -0.2) is 9.78 Å². The predicted octanol–water partition coefficient (Wildman–Crippen LogP) is 3.49. The van der Waals surface area contributed by atoms with E-state index in [0.717, 1.165) is 15.7 Å². The SMILES string of the molecule is O=C(O)c1ccc2c(c1)ncn2-c1cccc(Br)c1. The van der Waals surface area contributed by atoms with Crippen LogP contribution < -0.4 is 0 Å². The Labute approximate surface area is 117 Å². The molecular formula is C14H9BrN2O2. The molecule has 0 aliphatic heterocycles. The molecule has 0 amide bonds. The number of aromatic carboxylic acids is 1. The molecule has 0 atom stereocenters. The number of carbonyl (C=O) groups is 1. The molecule has 0 aliphatic carbocycles. The lowest BCUT2D eigenvalue weighted by molar-refractivity contribution is 0.0697. The molecule has 94 valence electrons. The van der Waals surface area contributed by atoms with Crippen LogP contribution in [0.5, 0.6) is 0 Å². The van der Waals surface area contributed by atoms with E-state index < -0.39 is 5.97 Å². The third-order valence-corrected chi connectivity index (χ3v) is 3.37. The van der Waals surface area contributed by atoms with Crippen molar-refractivity contribution in [2.24, 2.45) is 0 Å². The van der Waals surface area contributed by atoms with E-state index >= 15 is 0 Å². The van der Waals surface area contributed by atoms with Crippen LogP contribution in [0.3, 0.4) is 0 Å². The van der Waals surface area contributed by atoms with Crippen LogP contribution in [0.25, 0.3) is 16.7 Å². The van der Waals surface area contributed by atoms with E-state index in [9.17, 15) is 4.79 Å². The van der Waals surface area contributed by atoms with E-state index in [4.69, 9.17) is 5.11 Å². The Morgan fingerprint density at radius 3 is 2.79 bits per heavy atom. The van der Waals surface area contributed by atoms with E-state index in [1.54, 1.807) is 24.5 Å². The highest BCUT2D eigenvalue weighted by Crippen LogP contribution is 2.21. The maximum Gasteiger partial charge on any atom is 0.335 e. The van der Waals surface area contributed by atoms with Crippen LogP contribution in [0.4, 0.5) is 0 Å². The van der Waals surface area contributed by atoms with E-state index in [2.05, 4.69) is 20.9 Å². The summed E-state index contributed by atoms with van der Waals surface area (Å²) in [5.41, 5.74) is 2.76. The summed E-state index contributed by atoms with van der Waals surface area (Å²) in [6.45, 7) is 0. The molecule has 3 aromatic rings. The first kappa shape index (κ1) is 11.9. The number of carboxylic acids is 1. The molecule has 0 saturated carbocycles. The summed E-state index contributed by atoms with van der Waals surface area (Å²) < 4.78 is 2.90. The number of hydrogen-bond acceptors (Lipinski definition) is 2. The number of fused-ring (bicyclic) bond motifs is 1. The molecule has 4 nitrogen and oxygen atoms in total. The van der Waals surface area contributed by atoms with E-state index in [1.807, 2.05) is 28.8 Å². The highest BCUT2D eigenvalue weighted by Gasteiger charge is 2.08. The zero-order valence-electron chi connectivity index (χ0n) is 9.75. The van der Waals surface area contributed by atoms with E-state index in [1.165, 1.54) is 0 Å². The second-order valence-corrected chi connectivity index (χ2v) is 5.02. The van der Waals surface area contributed by atoms with Gasteiger partial charge in [-0.1, -0.05) is 22.0 Å². The second-order valence-electron chi connectivity index (χ2n) is 4.10. The zero-order valence-corrected chi connectivity index (χ0v) is 11.3. The number of aromatic nitrogens is 2. The maximum absolute atomic E-state index is 10.9. The lowest BCUT2D eigenvalue weighted by Gasteiger charge is -2.04. The Hall–Kier alpha value is -2.14. The largest absolute Gasteiger partial charge is 0.478 e. The molecular weight excluding hydrogens is 308 g/mol. The Balaban J connectivity index is 2.18. The molecule has 0 bridgehead atoms. The molecule has 0 spiro atoms. The van der Waals surface area contributed by atoms with Gasteiger partial charge in [0, 0.05) is 10.2 Å². The number of halogens is 1. The Morgan fingerprint density at radius 1 is 1.21 bits per heavy atom. The highest BCUT2D eigenvalue weighted by molar-refractivity contribution is 9.10. The van der Waals surface area contributed by atoms with Crippen LogP contribution in [-0.4, -0.2) is 20.6 Å². The van der Waals surface area contributed by atoms with Gasteiger partial charge in [-0.3, -0.25) is 4.57 Å². The number of nitrogens with zero attached hydrogens (tertiary/aromatic N) is 2. The van der Waals surface area contributed by atoms with Crippen molar-refractivity contribution in [2.75, 3.05) is 0 Å². The summed E-state index contributed by atoms with van der Waals surface area (Å²) in [5, 5.41) is 8.96. The van der Waals surface area contributed by atoms with Crippen LogP contribution in [0.2, 0.25) is 0 Å². The minimum absolute atomic E-state index is 0.243. The van der Waals surface area contributed by atoms with Crippen LogP contribution in [0.15, 0.2) is 53.3 Å². The Morgan fingerprint density at radius 2 is 2.05 bits per heavy atom. The number of benzene rings is 2. The molecule has 3 rings (SSSR count). The number of imidazole rings is 1. The monoisotopic (exact) mass is 316 g/mol. The van der Waals surface area contributed by atoms with Gasteiger partial charge in [-0.15, -0.1) is 0 Å². The number of rotatable bonds is 2. The van der Waals surface area contributed by atoms with Crippen LogP contribution in [0.1, 0.15) is 10.4 Å². The van der Waals surface area contributed by atoms with Crippen molar-refractivity contribution in [1.29, 1.82) is 0 Å². The lowest BCUT2D eigenvalue weighted by Crippen LogP contribution is -1.96. The zero-order chi connectivity index (χ0) is 13.4. The van der Waals surface area contributed by atoms with Crippen molar-refractivity contribution < 1.29 is 9.90 Å². The van der Waals surface area contributed by atoms with Gasteiger partial charge in [0.1, 0.15) is 6.33 Å². The maximum atomic E-state index is 10.9. The Bertz CT molecular complexity index is 780. The summed E-state index contributed by atoms with van der Waals surface area (Å²) in [6.07, 6.45) is 1.69. The minimum atomic E-state index is -0.945. The van der Waals surface area contributed by atoms with Crippen molar-refractivity contribution in [3.05, 3.63) is 58.8 Å². The minimum Gasteiger partial charge on any atom is -0.478 e. The molecule has 1 aromatic heterocycles. The van der Waals surface area contributed by atoms with Crippen LogP contribution in [0, 0.1) is 0 Å². The topological polar surface area (TPSA) is 55.1 Å². The van der Waals surface area contributed by atoms with E-state index in [-0.39, 0.29) is 5.56 Å². The predicted molar refractivity (Wildman–Crippen MR) is 75.7 cm³/mol. The van der Waals surface area contributed by atoms with Crippen molar-refractivity contribution >= 4 is 32.9 Å². The first-order valence-corrected chi connectivity index (χ1v) is 6.41. The summed E-state index contributed by atoms with van der Waals surface area (Å²) in [6, 6.07) is 12.8. The van der Waals surface area contributed by atoms with Crippen LogP contribution in [-0.2, 0) is 0 Å². The summed E-state index contributed by atoms with van der Waals surface area (Å²) in [7, 11) is 0. The molecule has 1 N–H and O–H groups in total. The third kappa shape index (κ3) is 2.13. The van der Waals surface area contributed by atoms with Crippen molar-refractivity contribution in [3.63, 3.8) is 0 Å². The normalized spacial score (nSPS) is 10.8. The smallest absolute Gasteiger partial charge is 0.335 e. The average molecular weight is 317 g/mol. The summed E-state index contributed by atoms with van der Waals surface area (Å²) >= 11 is 3.43. The average Bonchev–Trinajstić information content (AvgIpc) is 2.81. The number of hydrogen-bond donors (Lipinski definition) is 1.